The molecule has 0 aliphatic carbocycles. The fourth-order valence-corrected chi connectivity index (χ4v) is 3.08. The number of amides is 1. The average Bonchev–Trinajstić information content (AvgIpc) is 3.10. The summed E-state index contributed by atoms with van der Waals surface area (Å²) in [5.41, 5.74) is 2.25. The SMILES string of the molecule is COC(=O)c1c(C(=O)OC)c2n(c1CCCNC(C)=O)CCC2. The summed E-state index contributed by atoms with van der Waals surface area (Å²) < 4.78 is 11.7. The number of methoxy groups -OCH3 is 2. The van der Waals surface area contributed by atoms with Crippen molar-refractivity contribution in [2.24, 2.45) is 0 Å². The Bertz CT molecular complexity index is 633. The number of fused-ring (bicyclic) bond motifs is 1. The normalized spacial score (nSPS) is 12.7. The summed E-state index contributed by atoms with van der Waals surface area (Å²) in [6, 6.07) is 0. The van der Waals surface area contributed by atoms with Crippen LogP contribution in [0.3, 0.4) is 0 Å². The fourth-order valence-electron chi connectivity index (χ4n) is 3.08. The summed E-state index contributed by atoms with van der Waals surface area (Å²) in [7, 11) is 2.60. The molecule has 7 nitrogen and oxygen atoms in total. The van der Waals surface area contributed by atoms with E-state index in [0.717, 1.165) is 30.8 Å². The number of esters is 2. The highest BCUT2D eigenvalue weighted by atomic mass is 16.5. The Morgan fingerprint density at radius 3 is 2.39 bits per heavy atom. The number of rotatable bonds is 6. The smallest absolute Gasteiger partial charge is 0.340 e. The van der Waals surface area contributed by atoms with E-state index in [0.29, 0.717) is 30.5 Å². The molecule has 1 N–H and O–H groups in total. The summed E-state index contributed by atoms with van der Waals surface area (Å²) in [6.07, 6.45) is 2.92. The Morgan fingerprint density at radius 1 is 1.13 bits per heavy atom. The van der Waals surface area contributed by atoms with E-state index in [1.54, 1.807) is 0 Å². The number of carbonyl (C=O) groups excluding carboxylic acids is 3. The highest BCUT2D eigenvalue weighted by molar-refractivity contribution is 6.05. The van der Waals surface area contributed by atoms with Crippen molar-refractivity contribution in [1.29, 1.82) is 0 Å². The van der Waals surface area contributed by atoms with Crippen molar-refractivity contribution in [3.63, 3.8) is 0 Å². The molecule has 7 heteroatoms. The van der Waals surface area contributed by atoms with Gasteiger partial charge in [0.2, 0.25) is 5.91 Å². The molecule has 0 radical (unpaired) electrons. The first kappa shape index (κ1) is 17.1. The molecule has 1 aliphatic rings. The quantitative estimate of drug-likeness (QED) is 0.625. The second-order valence-electron chi connectivity index (χ2n) is 5.47. The zero-order valence-corrected chi connectivity index (χ0v) is 13.7. The van der Waals surface area contributed by atoms with Gasteiger partial charge in [0, 0.05) is 31.4 Å². The van der Waals surface area contributed by atoms with E-state index in [1.165, 1.54) is 21.1 Å². The number of carbonyl (C=O) groups is 3. The lowest BCUT2D eigenvalue weighted by Crippen LogP contribution is -2.22. The van der Waals surface area contributed by atoms with E-state index in [4.69, 9.17) is 9.47 Å². The summed E-state index contributed by atoms with van der Waals surface area (Å²) in [4.78, 5) is 35.3. The van der Waals surface area contributed by atoms with Crippen LogP contribution < -0.4 is 5.32 Å². The van der Waals surface area contributed by atoms with Crippen molar-refractivity contribution in [3.05, 3.63) is 22.5 Å². The van der Waals surface area contributed by atoms with Gasteiger partial charge in [0.1, 0.15) is 0 Å². The zero-order valence-electron chi connectivity index (χ0n) is 13.7. The highest BCUT2D eigenvalue weighted by Gasteiger charge is 2.33. The van der Waals surface area contributed by atoms with Gasteiger partial charge in [0.25, 0.3) is 0 Å². The monoisotopic (exact) mass is 322 g/mol. The Kier molecular flexibility index (Phi) is 5.41. The summed E-state index contributed by atoms with van der Waals surface area (Å²) in [5, 5.41) is 2.73. The van der Waals surface area contributed by atoms with Gasteiger partial charge in [-0.3, -0.25) is 4.79 Å². The van der Waals surface area contributed by atoms with E-state index >= 15 is 0 Å². The van der Waals surface area contributed by atoms with Crippen LogP contribution in [0.4, 0.5) is 0 Å². The van der Waals surface area contributed by atoms with Crippen molar-refractivity contribution in [3.8, 4) is 0 Å². The maximum atomic E-state index is 12.2. The second-order valence-corrected chi connectivity index (χ2v) is 5.47. The highest BCUT2D eigenvalue weighted by Crippen LogP contribution is 2.31. The Balaban J connectivity index is 2.37. The summed E-state index contributed by atoms with van der Waals surface area (Å²) in [5.74, 6) is -1.13. The minimum Gasteiger partial charge on any atom is -0.465 e. The van der Waals surface area contributed by atoms with Gasteiger partial charge in [-0.15, -0.1) is 0 Å². The number of nitrogens with one attached hydrogen (secondary N) is 1. The third-order valence-corrected chi connectivity index (χ3v) is 4.02. The van der Waals surface area contributed by atoms with Crippen molar-refractivity contribution >= 4 is 17.8 Å². The maximum Gasteiger partial charge on any atom is 0.340 e. The molecule has 0 bridgehead atoms. The third-order valence-electron chi connectivity index (χ3n) is 4.02. The molecular weight excluding hydrogens is 300 g/mol. The van der Waals surface area contributed by atoms with Gasteiger partial charge in [0.05, 0.1) is 25.3 Å². The summed E-state index contributed by atoms with van der Waals surface area (Å²) >= 11 is 0. The minimum absolute atomic E-state index is 0.0890. The van der Waals surface area contributed by atoms with E-state index in [1.807, 2.05) is 4.57 Å². The van der Waals surface area contributed by atoms with Gasteiger partial charge >= 0.3 is 11.9 Å². The largest absolute Gasteiger partial charge is 0.465 e. The van der Waals surface area contributed by atoms with Crippen LogP contribution in [0, 0.1) is 0 Å². The van der Waals surface area contributed by atoms with E-state index < -0.39 is 11.9 Å². The second kappa shape index (κ2) is 7.30. The third kappa shape index (κ3) is 3.38. The molecule has 1 amide bonds. The molecule has 0 aromatic carbocycles. The van der Waals surface area contributed by atoms with Gasteiger partial charge in [0.15, 0.2) is 0 Å². The zero-order chi connectivity index (χ0) is 17.0. The lowest BCUT2D eigenvalue weighted by atomic mass is 10.0. The van der Waals surface area contributed by atoms with Crippen LogP contribution in [0.1, 0.15) is 51.9 Å². The Labute approximate surface area is 134 Å². The number of hydrogen-bond donors (Lipinski definition) is 1. The molecule has 0 atom stereocenters. The molecule has 0 fully saturated rings. The van der Waals surface area contributed by atoms with Gasteiger partial charge in [-0.25, -0.2) is 9.59 Å². The predicted molar refractivity (Wildman–Crippen MR) is 82.4 cm³/mol. The van der Waals surface area contributed by atoms with Gasteiger partial charge < -0.3 is 19.4 Å². The number of nitrogens with zero attached hydrogens (tertiary/aromatic N) is 1. The van der Waals surface area contributed by atoms with Crippen LogP contribution in [0.15, 0.2) is 0 Å². The molecule has 126 valence electrons. The fraction of sp³-hybridized carbons (Fsp3) is 0.562. The average molecular weight is 322 g/mol. The standard InChI is InChI=1S/C16H22N2O5/c1-10(19)17-8-4-6-11-13(15(20)22-2)14(16(21)23-3)12-7-5-9-18(11)12/h4-9H2,1-3H3,(H,17,19). The van der Waals surface area contributed by atoms with E-state index in [2.05, 4.69) is 5.32 Å². The molecule has 23 heavy (non-hydrogen) atoms. The molecule has 0 saturated heterocycles. The van der Waals surface area contributed by atoms with Crippen molar-refractivity contribution in [2.45, 2.75) is 39.2 Å². The van der Waals surface area contributed by atoms with E-state index in [-0.39, 0.29) is 5.91 Å². The Morgan fingerprint density at radius 2 is 1.78 bits per heavy atom. The van der Waals surface area contributed by atoms with Crippen LogP contribution in [0.5, 0.6) is 0 Å². The first-order valence-electron chi connectivity index (χ1n) is 7.66. The van der Waals surface area contributed by atoms with Gasteiger partial charge in [-0.05, 0) is 25.7 Å². The van der Waals surface area contributed by atoms with Crippen LogP contribution >= 0.6 is 0 Å². The lowest BCUT2D eigenvalue weighted by Gasteiger charge is -2.09. The van der Waals surface area contributed by atoms with Crippen LogP contribution in [0.2, 0.25) is 0 Å². The molecule has 0 unspecified atom stereocenters. The first-order chi connectivity index (χ1) is 11.0. The maximum absolute atomic E-state index is 12.2. The summed E-state index contributed by atoms with van der Waals surface area (Å²) in [6.45, 7) is 2.75. The van der Waals surface area contributed by atoms with Gasteiger partial charge in [-0.2, -0.15) is 0 Å². The number of hydrogen-bond acceptors (Lipinski definition) is 5. The Hall–Kier alpha value is -2.31. The van der Waals surface area contributed by atoms with Gasteiger partial charge in [-0.1, -0.05) is 0 Å². The minimum atomic E-state index is -0.526. The number of ether oxygens (including phenoxy) is 2. The topological polar surface area (TPSA) is 86.6 Å². The molecule has 0 saturated carbocycles. The van der Waals surface area contributed by atoms with Crippen LogP contribution in [0.25, 0.3) is 0 Å². The molecule has 1 aromatic heterocycles. The molecule has 2 heterocycles. The lowest BCUT2D eigenvalue weighted by molar-refractivity contribution is -0.118. The van der Waals surface area contributed by atoms with Crippen molar-refractivity contribution < 1.29 is 23.9 Å². The van der Waals surface area contributed by atoms with Crippen LogP contribution in [-0.4, -0.2) is 43.2 Å². The molecular formula is C16H22N2O5. The molecule has 2 rings (SSSR count). The predicted octanol–water partition coefficient (Wildman–Crippen LogP) is 1.08. The molecule has 1 aliphatic heterocycles. The van der Waals surface area contributed by atoms with Crippen LogP contribution in [-0.2, 0) is 33.7 Å². The van der Waals surface area contributed by atoms with E-state index in [9.17, 15) is 14.4 Å². The molecule has 0 spiro atoms. The molecule has 1 aromatic rings. The van der Waals surface area contributed by atoms with Crippen molar-refractivity contribution in [2.75, 3.05) is 20.8 Å². The number of aromatic nitrogens is 1. The first-order valence-corrected chi connectivity index (χ1v) is 7.66. The van der Waals surface area contributed by atoms with Crippen molar-refractivity contribution in [1.82, 2.24) is 9.88 Å².